The summed E-state index contributed by atoms with van der Waals surface area (Å²) in [7, 11) is 1.56. The van der Waals surface area contributed by atoms with Crippen LogP contribution < -0.4 is 14.8 Å². The number of hydrogen-bond acceptors (Lipinski definition) is 5. The number of amides is 1. The van der Waals surface area contributed by atoms with E-state index in [1.54, 1.807) is 30.0 Å². The molecule has 7 heteroatoms. The van der Waals surface area contributed by atoms with Crippen molar-refractivity contribution in [1.29, 1.82) is 0 Å². The Hall–Kier alpha value is -3.87. The Bertz CT molecular complexity index is 1260. The molecule has 31 heavy (non-hydrogen) atoms. The minimum Gasteiger partial charge on any atom is -0.493 e. The minimum atomic E-state index is -0.305. The van der Waals surface area contributed by atoms with Gasteiger partial charge in [-0.25, -0.2) is 4.98 Å². The predicted octanol–water partition coefficient (Wildman–Crippen LogP) is 4.37. The van der Waals surface area contributed by atoms with Crippen LogP contribution in [0.25, 0.3) is 16.7 Å². The fourth-order valence-corrected chi connectivity index (χ4v) is 3.48. The summed E-state index contributed by atoms with van der Waals surface area (Å²) in [6, 6.07) is 17.1. The number of ether oxygens (including phenoxy) is 2. The molecule has 0 atom stereocenters. The molecular formula is C24H24N4O3. The quantitative estimate of drug-likeness (QED) is 0.505. The predicted molar refractivity (Wildman–Crippen MR) is 120 cm³/mol. The Labute approximate surface area is 180 Å². The van der Waals surface area contributed by atoms with E-state index in [9.17, 15) is 4.79 Å². The van der Waals surface area contributed by atoms with E-state index in [1.807, 2.05) is 51.1 Å². The third-order valence-electron chi connectivity index (χ3n) is 4.98. The minimum absolute atomic E-state index is 0.159. The van der Waals surface area contributed by atoms with Crippen LogP contribution in [0.3, 0.4) is 0 Å². The molecule has 0 bridgehead atoms. The molecule has 2 aromatic carbocycles. The van der Waals surface area contributed by atoms with Crippen LogP contribution in [0, 0.1) is 20.8 Å². The highest BCUT2D eigenvalue weighted by atomic mass is 16.5. The van der Waals surface area contributed by atoms with E-state index in [1.165, 1.54) is 0 Å². The number of benzene rings is 2. The molecule has 0 aliphatic carbocycles. The van der Waals surface area contributed by atoms with Crippen molar-refractivity contribution >= 4 is 22.6 Å². The standard InChI is InChI=1S/C24H24N4O3/c1-15-8-7-9-18-16(2)12-21(26-24(15)18)28-22(13-17(3)27-28)25-23(29)14-31-20-11-6-5-10-19(20)30-4/h5-13H,14H2,1-4H3,(H,25,29). The molecule has 0 saturated carbocycles. The van der Waals surface area contributed by atoms with Gasteiger partial charge in [0.1, 0.15) is 5.82 Å². The van der Waals surface area contributed by atoms with E-state index in [-0.39, 0.29) is 12.5 Å². The van der Waals surface area contributed by atoms with Crippen molar-refractivity contribution in [3.05, 3.63) is 71.4 Å². The Morgan fingerprint density at radius 3 is 2.55 bits per heavy atom. The molecule has 158 valence electrons. The molecule has 0 radical (unpaired) electrons. The zero-order chi connectivity index (χ0) is 22.0. The van der Waals surface area contributed by atoms with E-state index < -0.39 is 0 Å². The van der Waals surface area contributed by atoms with Gasteiger partial charge in [0.05, 0.1) is 18.3 Å². The smallest absolute Gasteiger partial charge is 0.263 e. The number of aromatic nitrogens is 3. The van der Waals surface area contributed by atoms with E-state index in [0.29, 0.717) is 23.1 Å². The highest BCUT2D eigenvalue weighted by Crippen LogP contribution is 2.26. The number of aryl methyl sites for hydroxylation is 3. The average Bonchev–Trinajstić information content (AvgIpc) is 3.13. The second kappa shape index (κ2) is 8.47. The van der Waals surface area contributed by atoms with Crippen molar-refractivity contribution in [2.45, 2.75) is 20.8 Å². The van der Waals surface area contributed by atoms with E-state index in [2.05, 4.69) is 16.5 Å². The first-order valence-corrected chi connectivity index (χ1v) is 9.96. The summed E-state index contributed by atoms with van der Waals surface area (Å²) in [6.07, 6.45) is 0. The summed E-state index contributed by atoms with van der Waals surface area (Å²) < 4.78 is 12.5. The van der Waals surface area contributed by atoms with Gasteiger partial charge < -0.3 is 14.8 Å². The van der Waals surface area contributed by atoms with Gasteiger partial charge in [0.25, 0.3) is 5.91 Å². The molecule has 0 aliphatic heterocycles. The van der Waals surface area contributed by atoms with Crippen molar-refractivity contribution in [1.82, 2.24) is 14.8 Å². The fourth-order valence-electron chi connectivity index (χ4n) is 3.48. The summed E-state index contributed by atoms with van der Waals surface area (Å²) in [5, 5.41) is 8.51. The molecule has 0 aliphatic rings. The second-order valence-corrected chi connectivity index (χ2v) is 7.34. The van der Waals surface area contributed by atoms with Gasteiger partial charge in [-0.3, -0.25) is 4.79 Å². The number of rotatable bonds is 6. The van der Waals surface area contributed by atoms with Crippen LogP contribution in [0.1, 0.15) is 16.8 Å². The number of anilines is 1. The lowest BCUT2D eigenvalue weighted by Crippen LogP contribution is -2.22. The maximum atomic E-state index is 12.6. The first-order chi connectivity index (χ1) is 15.0. The van der Waals surface area contributed by atoms with Crippen molar-refractivity contribution < 1.29 is 14.3 Å². The molecule has 1 N–H and O–H groups in total. The van der Waals surface area contributed by atoms with Gasteiger partial charge in [0.2, 0.25) is 0 Å². The lowest BCUT2D eigenvalue weighted by atomic mass is 10.1. The number of nitrogens with one attached hydrogen (secondary N) is 1. The highest BCUT2D eigenvalue weighted by Gasteiger charge is 2.15. The fraction of sp³-hybridized carbons (Fsp3) is 0.208. The average molecular weight is 416 g/mol. The Morgan fingerprint density at radius 1 is 1.00 bits per heavy atom. The molecule has 2 aromatic heterocycles. The van der Waals surface area contributed by atoms with Crippen LogP contribution in [0.2, 0.25) is 0 Å². The lowest BCUT2D eigenvalue weighted by Gasteiger charge is -2.13. The Kier molecular flexibility index (Phi) is 5.58. The molecular weight excluding hydrogens is 392 g/mol. The third-order valence-corrected chi connectivity index (χ3v) is 4.98. The highest BCUT2D eigenvalue weighted by molar-refractivity contribution is 5.91. The van der Waals surface area contributed by atoms with Gasteiger partial charge in [-0.05, 0) is 50.1 Å². The summed E-state index contributed by atoms with van der Waals surface area (Å²) in [6.45, 7) is 5.79. The molecule has 0 spiro atoms. The largest absolute Gasteiger partial charge is 0.493 e. The topological polar surface area (TPSA) is 78.3 Å². The van der Waals surface area contributed by atoms with Crippen LogP contribution in [-0.4, -0.2) is 34.4 Å². The first kappa shape index (κ1) is 20.4. The molecule has 0 saturated heterocycles. The monoisotopic (exact) mass is 416 g/mol. The molecule has 4 aromatic rings. The van der Waals surface area contributed by atoms with Crippen LogP contribution in [-0.2, 0) is 4.79 Å². The second-order valence-electron chi connectivity index (χ2n) is 7.34. The molecule has 0 fully saturated rings. The van der Waals surface area contributed by atoms with Crippen LogP contribution in [0.4, 0.5) is 5.82 Å². The maximum Gasteiger partial charge on any atom is 0.263 e. The van der Waals surface area contributed by atoms with Crippen molar-refractivity contribution in [3.8, 4) is 17.3 Å². The number of hydrogen-bond donors (Lipinski definition) is 1. The van der Waals surface area contributed by atoms with E-state index in [0.717, 1.165) is 27.7 Å². The van der Waals surface area contributed by atoms with Crippen LogP contribution in [0.5, 0.6) is 11.5 Å². The number of methoxy groups -OCH3 is 1. The molecule has 1 amide bonds. The van der Waals surface area contributed by atoms with Gasteiger partial charge in [-0.2, -0.15) is 9.78 Å². The van der Waals surface area contributed by atoms with Gasteiger partial charge in [-0.1, -0.05) is 30.3 Å². The van der Waals surface area contributed by atoms with Crippen LogP contribution >= 0.6 is 0 Å². The van der Waals surface area contributed by atoms with Gasteiger partial charge in [0, 0.05) is 11.5 Å². The van der Waals surface area contributed by atoms with Crippen molar-refractivity contribution in [2.75, 3.05) is 19.0 Å². The van der Waals surface area contributed by atoms with Gasteiger partial charge >= 0.3 is 0 Å². The molecule has 4 rings (SSSR count). The maximum absolute atomic E-state index is 12.6. The Morgan fingerprint density at radius 2 is 1.77 bits per heavy atom. The number of nitrogens with zero attached hydrogens (tertiary/aromatic N) is 3. The SMILES string of the molecule is COc1ccccc1OCC(=O)Nc1cc(C)nn1-c1cc(C)c2cccc(C)c2n1. The zero-order valence-corrected chi connectivity index (χ0v) is 18.0. The summed E-state index contributed by atoms with van der Waals surface area (Å²) in [4.78, 5) is 17.4. The normalized spacial score (nSPS) is 10.8. The molecule has 0 unspecified atom stereocenters. The Balaban J connectivity index is 1.59. The summed E-state index contributed by atoms with van der Waals surface area (Å²) in [5.41, 5.74) is 3.86. The summed E-state index contributed by atoms with van der Waals surface area (Å²) >= 11 is 0. The van der Waals surface area contributed by atoms with E-state index >= 15 is 0 Å². The van der Waals surface area contributed by atoms with E-state index in [4.69, 9.17) is 14.5 Å². The van der Waals surface area contributed by atoms with Crippen molar-refractivity contribution in [2.24, 2.45) is 0 Å². The summed E-state index contributed by atoms with van der Waals surface area (Å²) in [5.74, 6) is 1.95. The number of carbonyl (C=O) groups is 1. The van der Waals surface area contributed by atoms with Gasteiger partial charge in [-0.15, -0.1) is 0 Å². The molecule has 2 heterocycles. The van der Waals surface area contributed by atoms with Crippen molar-refractivity contribution in [3.63, 3.8) is 0 Å². The van der Waals surface area contributed by atoms with Crippen LogP contribution in [0.15, 0.2) is 54.6 Å². The molecule has 7 nitrogen and oxygen atoms in total. The number of carbonyl (C=O) groups excluding carboxylic acids is 1. The first-order valence-electron chi connectivity index (χ1n) is 9.96. The number of pyridine rings is 1. The number of fused-ring (bicyclic) bond motifs is 1. The zero-order valence-electron chi connectivity index (χ0n) is 18.0. The number of para-hydroxylation sites is 3. The third kappa shape index (κ3) is 4.21. The lowest BCUT2D eigenvalue weighted by molar-refractivity contribution is -0.118. The van der Waals surface area contributed by atoms with Gasteiger partial charge in [0.15, 0.2) is 23.9 Å².